The molecule has 4 aromatic carbocycles. The highest BCUT2D eigenvalue weighted by molar-refractivity contribution is 6.07. The molecule has 0 fully saturated rings. The summed E-state index contributed by atoms with van der Waals surface area (Å²) in [6.07, 6.45) is 1.47. The number of hydrogen-bond donors (Lipinski definition) is 1. The van der Waals surface area contributed by atoms with Crippen LogP contribution in [0.3, 0.4) is 0 Å². The molecule has 5 rings (SSSR count). The van der Waals surface area contributed by atoms with Gasteiger partial charge in [0.2, 0.25) is 0 Å². The Hall–Kier alpha value is -5.70. The van der Waals surface area contributed by atoms with Crippen molar-refractivity contribution in [3.8, 4) is 17.0 Å². The van der Waals surface area contributed by atoms with Crippen LogP contribution in [0.1, 0.15) is 31.8 Å². The zero-order valence-electron chi connectivity index (χ0n) is 21.3. The molecule has 0 aliphatic rings. The summed E-state index contributed by atoms with van der Waals surface area (Å²) in [6.45, 7) is 1.95. The van der Waals surface area contributed by atoms with Gasteiger partial charge in [-0.1, -0.05) is 48.0 Å². The zero-order valence-corrected chi connectivity index (χ0v) is 21.3. The number of non-ortho nitro benzene ring substituents is 1. The number of fused-ring (bicyclic) bond motifs is 1. The third-order valence-electron chi connectivity index (χ3n) is 6.04. The maximum atomic E-state index is 13.2. The molecule has 0 saturated heterocycles. The fourth-order valence-electron chi connectivity index (χ4n) is 4.04. The van der Waals surface area contributed by atoms with Crippen LogP contribution in [0.5, 0.6) is 5.75 Å². The van der Waals surface area contributed by atoms with Gasteiger partial charge in [0.25, 0.3) is 11.6 Å². The number of rotatable bonds is 7. The van der Waals surface area contributed by atoms with Gasteiger partial charge in [-0.15, -0.1) is 0 Å². The number of esters is 1. The average molecular weight is 531 g/mol. The van der Waals surface area contributed by atoms with Crippen molar-refractivity contribution in [2.45, 2.75) is 6.92 Å². The summed E-state index contributed by atoms with van der Waals surface area (Å²) in [7, 11) is 0. The quantitative estimate of drug-likeness (QED) is 0.0891. The highest BCUT2D eigenvalue weighted by atomic mass is 16.6. The number of aryl methyl sites for hydroxylation is 1. The number of benzene rings is 4. The summed E-state index contributed by atoms with van der Waals surface area (Å²) >= 11 is 0. The van der Waals surface area contributed by atoms with Crippen LogP contribution in [0.2, 0.25) is 0 Å². The van der Waals surface area contributed by atoms with E-state index in [1.807, 2.05) is 55.5 Å². The van der Waals surface area contributed by atoms with Gasteiger partial charge in [-0.2, -0.15) is 5.10 Å². The normalized spacial score (nSPS) is 10.9. The van der Waals surface area contributed by atoms with E-state index in [2.05, 4.69) is 10.5 Å². The molecule has 5 aromatic rings. The fraction of sp³-hybridized carbons (Fsp3) is 0.0323. The van der Waals surface area contributed by atoms with E-state index in [1.165, 1.54) is 24.4 Å². The Labute approximate surface area is 228 Å². The first-order chi connectivity index (χ1) is 19.4. The van der Waals surface area contributed by atoms with Crippen molar-refractivity contribution in [1.82, 2.24) is 10.4 Å². The summed E-state index contributed by atoms with van der Waals surface area (Å²) in [6, 6.07) is 28.9. The minimum absolute atomic E-state index is 0.0665. The molecule has 0 aliphatic heterocycles. The van der Waals surface area contributed by atoms with E-state index >= 15 is 0 Å². The number of nitro groups is 1. The fourth-order valence-corrected chi connectivity index (χ4v) is 4.04. The number of nitro benzene ring substituents is 1. The standard InChI is InChI=1S/C31H22N4O5/c1-20-10-15-28-26(16-20)27(18-29(33-28)22-6-3-2-4-7-22)30(36)34-32-19-21-11-13-25(14-12-21)40-31(37)23-8-5-9-24(17-23)35(38)39/h2-19H,1H3,(H,34,36). The lowest BCUT2D eigenvalue weighted by atomic mass is 10.0. The smallest absolute Gasteiger partial charge is 0.343 e. The Balaban J connectivity index is 1.29. The summed E-state index contributed by atoms with van der Waals surface area (Å²) < 4.78 is 5.31. The van der Waals surface area contributed by atoms with Crippen LogP contribution in [0, 0.1) is 17.0 Å². The number of hydrogen-bond acceptors (Lipinski definition) is 7. The molecular formula is C31H22N4O5. The molecule has 0 radical (unpaired) electrons. The first kappa shape index (κ1) is 25.9. The van der Waals surface area contributed by atoms with E-state index in [9.17, 15) is 19.7 Å². The molecule has 196 valence electrons. The maximum Gasteiger partial charge on any atom is 0.343 e. The summed E-state index contributed by atoms with van der Waals surface area (Å²) in [4.78, 5) is 40.6. The Kier molecular flexibility index (Phi) is 7.36. The van der Waals surface area contributed by atoms with Crippen LogP contribution in [0.4, 0.5) is 5.69 Å². The van der Waals surface area contributed by atoms with E-state index in [4.69, 9.17) is 9.72 Å². The van der Waals surface area contributed by atoms with Crippen molar-refractivity contribution >= 4 is 34.7 Å². The number of amides is 1. The number of carbonyl (C=O) groups is 2. The molecule has 9 nitrogen and oxygen atoms in total. The van der Waals surface area contributed by atoms with Gasteiger partial charge in [0, 0.05) is 23.1 Å². The number of aromatic nitrogens is 1. The van der Waals surface area contributed by atoms with Crippen molar-refractivity contribution in [3.05, 3.63) is 135 Å². The summed E-state index contributed by atoms with van der Waals surface area (Å²) in [5.74, 6) is -0.842. The van der Waals surface area contributed by atoms with E-state index in [0.717, 1.165) is 22.6 Å². The van der Waals surface area contributed by atoms with Gasteiger partial charge in [-0.25, -0.2) is 15.2 Å². The molecule has 1 N–H and O–H groups in total. The van der Waals surface area contributed by atoms with E-state index < -0.39 is 10.9 Å². The van der Waals surface area contributed by atoms with Crippen LogP contribution >= 0.6 is 0 Å². The van der Waals surface area contributed by atoms with Crippen molar-refractivity contribution in [2.24, 2.45) is 5.10 Å². The van der Waals surface area contributed by atoms with Crippen molar-refractivity contribution in [1.29, 1.82) is 0 Å². The number of nitrogens with one attached hydrogen (secondary N) is 1. The Morgan fingerprint density at radius 2 is 1.70 bits per heavy atom. The van der Waals surface area contributed by atoms with Gasteiger partial charge in [-0.05, 0) is 61.0 Å². The lowest BCUT2D eigenvalue weighted by Crippen LogP contribution is -2.18. The second-order valence-corrected chi connectivity index (χ2v) is 8.91. The Morgan fingerprint density at radius 1 is 0.925 bits per heavy atom. The van der Waals surface area contributed by atoms with Crippen LogP contribution in [0.25, 0.3) is 22.2 Å². The molecule has 40 heavy (non-hydrogen) atoms. The molecule has 0 aliphatic carbocycles. The molecule has 0 saturated carbocycles. The van der Waals surface area contributed by atoms with Gasteiger partial charge in [0.15, 0.2) is 0 Å². The van der Waals surface area contributed by atoms with Crippen molar-refractivity contribution in [3.63, 3.8) is 0 Å². The minimum Gasteiger partial charge on any atom is -0.423 e. The van der Waals surface area contributed by atoms with E-state index in [1.54, 1.807) is 30.3 Å². The number of nitrogens with zero attached hydrogens (tertiary/aromatic N) is 3. The molecule has 1 heterocycles. The van der Waals surface area contributed by atoms with Crippen LogP contribution in [-0.2, 0) is 0 Å². The molecule has 9 heteroatoms. The van der Waals surface area contributed by atoms with Gasteiger partial charge in [0.1, 0.15) is 5.75 Å². The molecule has 0 bridgehead atoms. The highest BCUT2D eigenvalue weighted by Crippen LogP contribution is 2.26. The van der Waals surface area contributed by atoms with Crippen molar-refractivity contribution < 1.29 is 19.2 Å². The second kappa shape index (κ2) is 11.4. The number of pyridine rings is 1. The first-order valence-corrected chi connectivity index (χ1v) is 12.2. The predicted octanol–water partition coefficient (Wildman–Crippen LogP) is 6.10. The second-order valence-electron chi connectivity index (χ2n) is 8.91. The monoisotopic (exact) mass is 530 g/mol. The average Bonchev–Trinajstić information content (AvgIpc) is 2.98. The molecule has 0 atom stereocenters. The van der Waals surface area contributed by atoms with Crippen LogP contribution in [-0.4, -0.2) is 28.0 Å². The summed E-state index contributed by atoms with van der Waals surface area (Å²) in [5.41, 5.74) is 6.84. The van der Waals surface area contributed by atoms with Crippen LogP contribution in [0.15, 0.2) is 108 Å². The number of hydrazone groups is 1. The molecule has 1 amide bonds. The maximum absolute atomic E-state index is 13.2. The SMILES string of the molecule is Cc1ccc2nc(-c3ccccc3)cc(C(=O)NN=Cc3ccc(OC(=O)c4cccc([N+](=O)[O-])c4)cc3)c2c1. The highest BCUT2D eigenvalue weighted by Gasteiger charge is 2.15. The topological polar surface area (TPSA) is 124 Å². The third kappa shape index (κ3) is 5.89. The largest absolute Gasteiger partial charge is 0.423 e. The Morgan fingerprint density at radius 3 is 2.45 bits per heavy atom. The Bertz CT molecular complexity index is 1770. The predicted molar refractivity (Wildman–Crippen MR) is 151 cm³/mol. The molecular weight excluding hydrogens is 508 g/mol. The van der Waals surface area contributed by atoms with E-state index in [0.29, 0.717) is 22.3 Å². The van der Waals surface area contributed by atoms with E-state index in [-0.39, 0.29) is 22.9 Å². The molecule has 0 spiro atoms. The third-order valence-corrected chi connectivity index (χ3v) is 6.04. The minimum atomic E-state index is -0.716. The first-order valence-electron chi connectivity index (χ1n) is 12.2. The molecule has 0 unspecified atom stereocenters. The van der Waals surface area contributed by atoms with Gasteiger partial charge in [0.05, 0.1) is 33.5 Å². The van der Waals surface area contributed by atoms with Gasteiger partial charge < -0.3 is 4.74 Å². The van der Waals surface area contributed by atoms with Crippen LogP contribution < -0.4 is 10.2 Å². The van der Waals surface area contributed by atoms with Gasteiger partial charge in [-0.3, -0.25) is 14.9 Å². The summed E-state index contributed by atoms with van der Waals surface area (Å²) in [5, 5.41) is 15.8. The van der Waals surface area contributed by atoms with Gasteiger partial charge >= 0.3 is 5.97 Å². The zero-order chi connectivity index (χ0) is 28.1. The lowest BCUT2D eigenvalue weighted by Gasteiger charge is -2.10. The lowest BCUT2D eigenvalue weighted by molar-refractivity contribution is -0.384. The number of ether oxygens (including phenoxy) is 1. The van der Waals surface area contributed by atoms with Crippen molar-refractivity contribution in [2.75, 3.05) is 0 Å². The number of carbonyl (C=O) groups excluding carboxylic acids is 2. The molecule has 1 aromatic heterocycles.